The Bertz CT molecular complexity index is 521. The summed E-state index contributed by atoms with van der Waals surface area (Å²) >= 11 is 3.37. The molecule has 2 saturated heterocycles. The van der Waals surface area contributed by atoms with Gasteiger partial charge < -0.3 is 10.0 Å². The van der Waals surface area contributed by atoms with Gasteiger partial charge in [-0.2, -0.15) is 0 Å². The average molecular weight is 339 g/mol. The van der Waals surface area contributed by atoms with Crippen LogP contribution in [0.4, 0.5) is 5.69 Å². The Kier molecular flexibility index (Phi) is 3.98. The van der Waals surface area contributed by atoms with Gasteiger partial charge in [-0.05, 0) is 53.5 Å². The molecule has 20 heavy (non-hydrogen) atoms. The smallest absolute Gasteiger partial charge is 0.336 e. The number of carboxylic acids is 1. The first-order chi connectivity index (χ1) is 9.65. The first-order valence-corrected chi connectivity index (χ1v) is 7.96. The van der Waals surface area contributed by atoms with Crippen molar-refractivity contribution in [1.82, 2.24) is 4.90 Å². The normalized spacial score (nSPS) is 23.4. The van der Waals surface area contributed by atoms with Crippen molar-refractivity contribution in [3.63, 3.8) is 0 Å². The number of anilines is 1. The van der Waals surface area contributed by atoms with Gasteiger partial charge in [-0.1, -0.05) is 6.42 Å². The summed E-state index contributed by atoms with van der Waals surface area (Å²) < 4.78 is 0.661. The van der Waals surface area contributed by atoms with Gasteiger partial charge in [0.1, 0.15) is 0 Å². The lowest BCUT2D eigenvalue weighted by Gasteiger charge is -2.45. The summed E-state index contributed by atoms with van der Waals surface area (Å²) in [6.45, 7) is 4.43. The largest absolute Gasteiger partial charge is 0.478 e. The number of nitrogens with zero attached hydrogens (tertiary/aromatic N) is 2. The highest BCUT2D eigenvalue weighted by Crippen LogP contribution is 2.28. The van der Waals surface area contributed by atoms with E-state index < -0.39 is 5.97 Å². The van der Waals surface area contributed by atoms with Gasteiger partial charge in [-0.3, -0.25) is 4.90 Å². The fraction of sp³-hybridized carbons (Fsp3) is 0.533. The lowest BCUT2D eigenvalue weighted by Crippen LogP contribution is -2.54. The molecule has 1 aromatic rings. The highest BCUT2D eigenvalue weighted by Gasteiger charge is 2.29. The second kappa shape index (κ2) is 5.74. The second-order valence-electron chi connectivity index (χ2n) is 5.60. The summed E-state index contributed by atoms with van der Waals surface area (Å²) in [5.74, 6) is -0.888. The van der Waals surface area contributed by atoms with E-state index in [9.17, 15) is 4.79 Å². The molecule has 1 atom stereocenters. The molecule has 2 heterocycles. The number of hydrogen-bond acceptors (Lipinski definition) is 3. The van der Waals surface area contributed by atoms with E-state index in [4.69, 9.17) is 5.11 Å². The van der Waals surface area contributed by atoms with Crippen molar-refractivity contribution in [1.29, 1.82) is 0 Å². The van der Waals surface area contributed by atoms with Gasteiger partial charge in [0.05, 0.1) is 5.56 Å². The molecule has 0 bridgehead atoms. The van der Waals surface area contributed by atoms with E-state index in [0.717, 1.165) is 25.3 Å². The van der Waals surface area contributed by atoms with Crippen molar-refractivity contribution < 1.29 is 9.90 Å². The maximum absolute atomic E-state index is 11.0. The fourth-order valence-electron chi connectivity index (χ4n) is 3.26. The minimum Gasteiger partial charge on any atom is -0.478 e. The van der Waals surface area contributed by atoms with E-state index >= 15 is 0 Å². The summed E-state index contributed by atoms with van der Waals surface area (Å²) in [5.41, 5.74) is 1.44. The average Bonchev–Trinajstić information content (AvgIpc) is 2.46. The molecule has 108 valence electrons. The lowest BCUT2D eigenvalue weighted by molar-refractivity contribution is 0.0696. The molecule has 5 heteroatoms. The third-order valence-corrected chi connectivity index (χ3v) is 5.04. The van der Waals surface area contributed by atoms with Gasteiger partial charge in [0.15, 0.2) is 0 Å². The lowest BCUT2D eigenvalue weighted by atomic mass is 9.99. The van der Waals surface area contributed by atoms with E-state index in [-0.39, 0.29) is 0 Å². The Morgan fingerprint density at radius 2 is 2.10 bits per heavy atom. The number of fused-ring (bicyclic) bond motifs is 1. The molecule has 1 N–H and O–H groups in total. The molecule has 0 amide bonds. The predicted molar refractivity (Wildman–Crippen MR) is 82.5 cm³/mol. The van der Waals surface area contributed by atoms with E-state index in [1.54, 1.807) is 6.07 Å². The molecule has 1 unspecified atom stereocenters. The number of piperazine rings is 1. The van der Waals surface area contributed by atoms with Crippen molar-refractivity contribution in [3.05, 3.63) is 28.2 Å². The molecule has 0 spiro atoms. The van der Waals surface area contributed by atoms with E-state index in [1.807, 2.05) is 12.1 Å². The number of piperidine rings is 1. The van der Waals surface area contributed by atoms with E-state index in [0.29, 0.717) is 16.1 Å². The van der Waals surface area contributed by atoms with Crippen LogP contribution in [0.3, 0.4) is 0 Å². The molecule has 2 fully saturated rings. The molecule has 4 nitrogen and oxygen atoms in total. The van der Waals surface area contributed by atoms with Crippen LogP contribution in [0.5, 0.6) is 0 Å². The van der Waals surface area contributed by atoms with Gasteiger partial charge in [-0.25, -0.2) is 4.79 Å². The highest BCUT2D eigenvalue weighted by atomic mass is 79.9. The minimum atomic E-state index is -0.888. The number of hydrogen-bond donors (Lipinski definition) is 1. The van der Waals surface area contributed by atoms with Gasteiger partial charge >= 0.3 is 5.97 Å². The Hall–Kier alpha value is -1.07. The molecule has 0 saturated carbocycles. The number of rotatable bonds is 2. The van der Waals surface area contributed by atoms with Gasteiger partial charge in [0.25, 0.3) is 0 Å². The molecule has 0 aromatic heterocycles. The van der Waals surface area contributed by atoms with Crippen LogP contribution in [0, 0.1) is 0 Å². The fourth-order valence-corrected chi connectivity index (χ4v) is 3.80. The van der Waals surface area contributed by atoms with Crippen molar-refractivity contribution in [2.75, 3.05) is 31.1 Å². The van der Waals surface area contributed by atoms with Crippen molar-refractivity contribution in [2.24, 2.45) is 0 Å². The monoisotopic (exact) mass is 338 g/mol. The first kappa shape index (κ1) is 13.9. The van der Waals surface area contributed by atoms with Crippen molar-refractivity contribution in [3.8, 4) is 0 Å². The second-order valence-corrected chi connectivity index (χ2v) is 6.46. The number of aromatic carboxylic acids is 1. The zero-order valence-corrected chi connectivity index (χ0v) is 13.0. The summed E-state index contributed by atoms with van der Waals surface area (Å²) in [4.78, 5) is 16.0. The summed E-state index contributed by atoms with van der Waals surface area (Å²) in [6, 6.07) is 6.21. The zero-order valence-electron chi connectivity index (χ0n) is 11.4. The molecule has 0 aliphatic carbocycles. The standard InChI is InChI=1S/C15H19BrN2O2/c16-14-9-11(4-5-13(14)15(19)20)18-8-7-17-6-2-1-3-12(17)10-18/h4-5,9,12H,1-3,6-8,10H2,(H,19,20). The highest BCUT2D eigenvalue weighted by molar-refractivity contribution is 9.10. The number of benzene rings is 1. The van der Waals surface area contributed by atoms with Crippen molar-refractivity contribution in [2.45, 2.75) is 25.3 Å². The van der Waals surface area contributed by atoms with Crippen LogP contribution >= 0.6 is 15.9 Å². The van der Waals surface area contributed by atoms with Crippen LogP contribution in [-0.4, -0.2) is 48.2 Å². The molecule has 2 aliphatic rings. The topological polar surface area (TPSA) is 43.8 Å². The Balaban J connectivity index is 1.76. The van der Waals surface area contributed by atoms with Crippen LogP contribution in [0.1, 0.15) is 29.6 Å². The first-order valence-electron chi connectivity index (χ1n) is 7.17. The Morgan fingerprint density at radius 3 is 2.85 bits per heavy atom. The van der Waals surface area contributed by atoms with E-state index in [1.165, 1.54) is 25.8 Å². The third kappa shape index (κ3) is 2.69. The van der Waals surface area contributed by atoms with Crippen molar-refractivity contribution >= 4 is 27.6 Å². The van der Waals surface area contributed by atoms with Crippen LogP contribution in [0.15, 0.2) is 22.7 Å². The zero-order chi connectivity index (χ0) is 14.1. The maximum atomic E-state index is 11.0. The molecular formula is C15H19BrN2O2. The molecule has 0 radical (unpaired) electrons. The van der Waals surface area contributed by atoms with Crippen LogP contribution < -0.4 is 4.90 Å². The Morgan fingerprint density at radius 1 is 1.25 bits per heavy atom. The van der Waals surface area contributed by atoms with E-state index in [2.05, 4.69) is 25.7 Å². The molecule has 3 rings (SSSR count). The predicted octanol–water partition coefficient (Wildman–Crippen LogP) is 2.82. The quantitative estimate of drug-likeness (QED) is 0.900. The van der Waals surface area contributed by atoms with Crippen LogP contribution in [-0.2, 0) is 0 Å². The number of carboxylic acid groups (broad SMARTS) is 1. The summed E-state index contributed by atoms with van der Waals surface area (Å²) in [5, 5.41) is 9.07. The summed E-state index contributed by atoms with van der Waals surface area (Å²) in [7, 11) is 0. The molecule has 2 aliphatic heterocycles. The minimum absolute atomic E-state index is 0.324. The van der Waals surface area contributed by atoms with Gasteiger partial charge in [0, 0.05) is 35.8 Å². The maximum Gasteiger partial charge on any atom is 0.336 e. The van der Waals surface area contributed by atoms with Gasteiger partial charge in [0.2, 0.25) is 0 Å². The molecule has 1 aromatic carbocycles. The van der Waals surface area contributed by atoms with Crippen LogP contribution in [0.2, 0.25) is 0 Å². The Labute approximate surface area is 127 Å². The SMILES string of the molecule is O=C(O)c1ccc(N2CCN3CCCCC3C2)cc1Br. The summed E-state index contributed by atoms with van der Waals surface area (Å²) in [6.07, 6.45) is 3.94. The van der Waals surface area contributed by atoms with Gasteiger partial charge in [-0.15, -0.1) is 0 Å². The molecular weight excluding hydrogens is 320 g/mol. The number of carbonyl (C=O) groups is 1. The third-order valence-electron chi connectivity index (χ3n) is 4.39. The number of halogens is 1. The van der Waals surface area contributed by atoms with Crippen LogP contribution in [0.25, 0.3) is 0 Å².